The van der Waals surface area contributed by atoms with Gasteiger partial charge in [-0.25, -0.2) is 0 Å². The average molecular weight is 272 g/mol. The molecule has 0 saturated heterocycles. The second-order valence-electron chi connectivity index (χ2n) is 4.23. The van der Waals surface area contributed by atoms with Crippen LogP contribution in [0.2, 0.25) is 5.02 Å². The molecule has 0 atom stereocenters. The molecular formula is C12H14ClNO4. The quantitative estimate of drug-likeness (QED) is 0.825. The Labute approximate surface area is 110 Å². The number of carbonyl (C=O) groups is 2. The molecule has 1 aromatic carbocycles. The van der Waals surface area contributed by atoms with E-state index in [1.807, 2.05) is 0 Å². The fourth-order valence-corrected chi connectivity index (χ4v) is 1.27. The molecule has 2 N–H and O–H groups in total. The van der Waals surface area contributed by atoms with Gasteiger partial charge in [0.05, 0.1) is 17.8 Å². The number of methoxy groups -OCH3 is 1. The molecule has 0 bridgehead atoms. The first-order chi connectivity index (χ1) is 8.28. The molecule has 5 nitrogen and oxygen atoms in total. The highest BCUT2D eigenvalue weighted by Gasteiger charge is 2.36. The maximum Gasteiger partial charge on any atom is 0.318 e. The summed E-state index contributed by atoms with van der Waals surface area (Å²) in [5, 5.41) is 11.7. The van der Waals surface area contributed by atoms with Crippen LogP contribution in [0.15, 0.2) is 18.2 Å². The summed E-state index contributed by atoms with van der Waals surface area (Å²) >= 11 is 5.91. The highest BCUT2D eigenvalue weighted by atomic mass is 35.5. The van der Waals surface area contributed by atoms with Crippen molar-refractivity contribution in [2.24, 2.45) is 5.41 Å². The van der Waals surface area contributed by atoms with E-state index >= 15 is 0 Å². The number of rotatable bonds is 4. The van der Waals surface area contributed by atoms with Gasteiger partial charge in [-0.2, -0.15) is 0 Å². The number of aliphatic carboxylic acids is 1. The summed E-state index contributed by atoms with van der Waals surface area (Å²) in [5.41, 5.74) is -1.22. The molecule has 0 fully saturated rings. The molecule has 1 aromatic rings. The first-order valence-corrected chi connectivity index (χ1v) is 5.55. The summed E-state index contributed by atoms with van der Waals surface area (Å²) in [6, 6.07) is 4.72. The fourth-order valence-electron chi connectivity index (χ4n) is 1.10. The van der Waals surface area contributed by atoms with E-state index in [-0.39, 0.29) is 0 Å². The molecule has 0 spiro atoms. The van der Waals surface area contributed by atoms with Gasteiger partial charge in [0, 0.05) is 6.07 Å². The molecular weight excluding hydrogens is 258 g/mol. The van der Waals surface area contributed by atoms with E-state index in [9.17, 15) is 9.59 Å². The van der Waals surface area contributed by atoms with E-state index in [0.717, 1.165) is 0 Å². The predicted molar refractivity (Wildman–Crippen MR) is 68.1 cm³/mol. The van der Waals surface area contributed by atoms with E-state index in [1.54, 1.807) is 12.1 Å². The number of hydrogen-bond acceptors (Lipinski definition) is 3. The number of carboxylic acids is 1. The largest absolute Gasteiger partial charge is 0.497 e. The van der Waals surface area contributed by atoms with Gasteiger partial charge in [-0.1, -0.05) is 11.6 Å². The zero-order chi connectivity index (χ0) is 13.9. The number of nitrogens with one attached hydrogen (secondary N) is 1. The van der Waals surface area contributed by atoms with Crippen molar-refractivity contribution < 1.29 is 19.4 Å². The highest BCUT2D eigenvalue weighted by Crippen LogP contribution is 2.28. The molecule has 0 aliphatic rings. The number of hydrogen-bond donors (Lipinski definition) is 2. The molecule has 0 aliphatic heterocycles. The van der Waals surface area contributed by atoms with Gasteiger partial charge in [-0.15, -0.1) is 0 Å². The Bertz CT molecular complexity index is 485. The lowest BCUT2D eigenvalue weighted by molar-refractivity contribution is -0.151. The normalized spacial score (nSPS) is 10.9. The minimum absolute atomic E-state index is 0.310. The Morgan fingerprint density at radius 1 is 1.39 bits per heavy atom. The van der Waals surface area contributed by atoms with E-state index in [0.29, 0.717) is 16.5 Å². The van der Waals surface area contributed by atoms with Gasteiger partial charge >= 0.3 is 5.97 Å². The summed E-state index contributed by atoms with van der Waals surface area (Å²) in [6.07, 6.45) is 0. The molecule has 0 radical (unpaired) electrons. The molecule has 1 rings (SSSR count). The first kappa shape index (κ1) is 14.3. The zero-order valence-electron chi connectivity index (χ0n) is 10.3. The van der Waals surface area contributed by atoms with Crippen molar-refractivity contribution in [3.05, 3.63) is 23.2 Å². The van der Waals surface area contributed by atoms with Crippen molar-refractivity contribution in [1.82, 2.24) is 0 Å². The number of ether oxygens (including phenoxy) is 1. The zero-order valence-corrected chi connectivity index (χ0v) is 11.0. The summed E-state index contributed by atoms with van der Waals surface area (Å²) in [6.45, 7) is 2.64. The van der Waals surface area contributed by atoms with Crippen molar-refractivity contribution in [2.45, 2.75) is 13.8 Å². The highest BCUT2D eigenvalue weighted by molar-refractivity contribution is 6.34. The molecule has 0 aromatic heterocycles. The molecule has 0 saturated carbocycles. The van der Waals surface area contributed by atoms with Gasteiger partial charge in [0.15, 0.2) is 0 Å². The van der Waals surface area contributed by atoms with Gasteiger partial charge in [0.2, 0.25) is 5.91 Å². The molecule has 0 unspecified atom stereocenters. The van der Waals surface area contributed by atoms with Crippen LogP contribution in [0, 0.1) is 5.41 Å². The van der Waals surface area contributed by atoms with Crippen LogP contribution in [0.3, 0.4) is 0 Å². The second-order valence-corrected chi connectivity index (χ2v) is 4.64. The molecule has 1 amide bonds. The lowest BCUT2D eigenvalue weighted by Gasteiger charge is -2.19. The SMILES string of the molecule is COc1ccc(Cl)c(NC(=O)C(C)(C)C(=O)O)c1. The van der Waals surface area contributed by atoms with E-state index in [1.165, 1.54) is 27.0 Å². The summed E-state index contributed by atoms with van der Waals surface area (Å²) in [4.78, 5) is 22.8. The molecule has 0 heterocycles. The van der Waals surface area contributed by atoms with Crippen LogP contribution in [0.25, 0.3) is 0 Å². The molecule has 18 heavy (non-hydrogen) atoms. The van der Waals surface area contributed by atoms with Gasteiger partial charge in [-0.05, 0) is 26.0 Å². The Balaban J connectivity index is 2.98. The number of anilines is 1. The third kappa shape index (κ3) is 2.92. The number of amides is 1. The third-order valence-corrected chi connectivity index (χ3v) is 2.85. The van der Waals surface area contributed by atoms with Crippen LogP contribution in [0.1, 0.15) is 13.8 Å². The predicted octanol–water partition coefficient (Wildman–Crippen LogP) is 2.40. The van der Waals surface area contributed by atoms with Crippen LogP contribution in [-0.2, 0) is 9.59 Å². The lowest BCUT2D eigenvalue weighted by atomic mass is 9.92. The minimum atomic E-state index is -1.54. The summed E-state index contributed by atoms with van der Waals surface area (Å²) < 4.78 is 5.00. The van der Waals surface area contributed by atoms with Crippen molar-refractivity contribution in [3.63, 3.8) is 0 Å². The summed E-state index contributed by atoms with van der Waals surface area (Å²) in [5.74, 6) is -1.34. The van der Waals surface area contributed by atoms with Crippen molar-refractivity contribution in [3.8, 4) is 5.75 Å². The number of carboxylic acid groups (broad SMARTS) is 1. The smallest absolute Gasteiger partial charge is 0.318 e. The topological polar surface area (TPSA) is 75.6 Å². The Morgan fingerprint density at radius 2 is 2.00 bits per heavy atom. The van der Waals surface area contributed by atoms with Crippen molar-refractivity contribution in [1.29, 1.82) is 0 Å². The van der Waals surface area contributed by atoms with Gasteiger partial charge in [0.1, 0.15) is 11.2 Å². The monoisotopic (exact) mass is 271 g/mol. The lowest BCUT2D eigenvalue weighted by Crippen LogP contribution is -2.37. The Morgan fingerprint density at radius 3 is 2.50 bits per heavy atom. The summed E-state index contributed by atoms with van der Waals surface area (Å²) in [7, 11) is 1.48. The van der Waals surface area contributed by atoms with Gasteiger partial charge in [0.25, 0.3) is 0 Å². The molecule has 6 heteroatoms. The van der Waals surface area contributed by atoms with E-state index < -0.39 is 17.3 Å². The van der Waals surface area contributed by atoms with E-state index in [4.69, 9.17) is 21.4 Å². The molecule has 0 aliphatic carbocycles. The number of halogens is 1. The Kier molecular flexibility index (Phi) is 4.19. The average Bonchev–Trinajstić information content (AvgIpc) is 2.31. The van der Waals surface area contributed by atoms with E-state index in [2.05, 4.69) is 5.32 Å². The Hall–Kier alpha value is -1.75. The van der Waals surface area contributed by atoms with Crippen LogP contribution in [-0.4, -0.2) is 24.1 Å². The second kappa shape index (κ2) is 5.27. The maximum absolute atomic E-state index is 11.8. The van der Waals surface area contributed by atoms with Crippen LogP contribution >= 0.6 is 11.6 Å². The molecule has 98 valence electrons. The number of carbonyl (C=O) groups excluding carboxylic acids is 1. The van der Waals surface area contributed by atoms with Gasteiger partial charge in [-0.3, -0.25) is 9.59 Å². The van der Waals surface area contributed by atoms with Crippen molar-refractivity contribution >= 4 is 29.2 Å². The minimum Gasteiger partial charge on any atom is -0.497 e. The van der Waals surface area contributed by atoms with Crippen molar-refractivity contribution in [2.75, 3.05) is 12.4 Å². The fraction of sp³-hybridized carbons (Fsp3) is 0.333. The van der Waals surface area contributed by atoms with Crippen LogP contribution in [0.5, 0.6) is 5.75 Å². The maximum atomic E-state index is 11.8. The first-order valence-electron chi connectivity index (χ1n) is 5.17. The van der Waals surface area contributed by atoms with Crippen LogP contribution in [0.4, 0.5) is 5.69 Å². The standard InChI is InChI=1S/C12H14ClNO4/c1-12(2,11(16)17)10(15)14-9-6-7(18-3)4-5-8(9)13/h4-6H,1-3H3,(H,14,15)(H,16,17). The van der Waals surface area contributed by atoms with Gasteiger partial charge < -0.3 is 15.2 Å². The number of benzene rings is 1. The third-order valence-electron chi connectivity index (χ3n) is 2.52. The van der Waals surface area contributed by atoms with Crippen LogP contribution < -0.4 is 10.1 Å².